The monoisotopic (exact) mass is 262 g/mol. The van der Waals surface area contributed by atoms with Gasteiger partial charge in [-0.05, 0) is 20.3 Å². The first kappa shape index (κ1) is 11.9. The van der Waals surface area contributed by atoms with Crippen molar-refractivity contribution in [2.75, 3.05) is 13.1 Å². The first-order valence-electron chi connectivity index (χ1n) is 6.15. The van der Waals surface area contributed by atoms with E-state index in [1.54, 1.807) is 18.7 Å². The minimum absolute atomic E-state index is 0.0396. The van der Waals surface area contributed by atoms with E-state index < -0.39 is 0 Å². The Morgan fingerprint density at radius 3 is 2.89 bits per heavy atom. The van der Waals surface area contributed by atoms with Gasteiger partial charge in [0.1, 0.15) is 11.3 Å². The SMILES string of the molecule is Cc1noc(C)c1C(=O)N1CC[C@@H](c2ncon2)C1. The Labute approximate surface area is 109 Å². The average Bonchev–Trinajstić information content (AvgIpc) is 3.09. The van der Waals surface area contributed by atoms with Crippen molar-refractivity contribution >= 4 is 5.91 Å². The van der Waals surface area contributed by atoms with Crippen molar-refractivity contribution in [3.8, 4) is 0 Å². The number of aromatic nitrogens is 3. The Kier molecular flexibility index (Phi) is 2.81. The third-order valence-electron chi connectivity index (χ3n) is 3.47. The largest absolute Gasteiger partial charge is 0.361 e. The van der Waals surface area contributed by atoms with E-state index in [4.69, 9.17) is 9.05 Å². The average molecular weight is 262 g/mol. The second-order valence-electron chi connectivity index (χ2n) is 4.73. The summed E-state index contributed by atoms with van der Waals surface area (Å²) in [5.74, 6) is 1.32. The second-order valence-corrected chi connectivity index (χ2v) is 4.73. The minimum atomic E-state index is -0.0396. The van der Waals surface area contributed by atoms with E-state index in [0.717, 1.165) is 6.42 Å². The highest BCUT2D eigenvalue weighted by atomic mass is 16.5. The predicted octanol–water partition coefficient (Wildman–Crippen LogP) is 1.30. The number of amides is 1. The molecule has 0 saturated carbocycles. The maximum atomic E-state index is 12.4. The fourth-order valence-corrected chi connectivity index (χ4v) is 2.46. The molecule has 19 heavy (non-hydrogen) atoms. The van der Waals surface area contributed by atoms with Crippen molar-refractivity contribution in [1.29, 1.82) is 0 Å². The summed E-state index contributed by atoms with van der Waals surface area (Å²) in [6.45, 7) is 4.81. The molecule has 0 unspecified atom stereocenters. The maximum Gasteiger partial charge on any atom is 0.259 e. The van der Waals surface area contributed by atoms with Crippen LogP contribution >= 0.6 is 0 Å². The molecule has 3 rings (SSSR count). The molecule has 1 atom stereocenters. The van der Waals surface area contributed by atoms with Crippen molar-refractivity contribution < 1.29 is 13.8 Å². The summed E-state index contributed by atoms with van der Waals surface area (Å²) < 4.78 is 9.78. The van der Waals surface area contributed by atoms with E-state index in [1.165, 1.54) is 6.39 Å². The number of carbonyl (C=O) groups is 1. The van der Waals surface area contributed by atoms with Crippen molar-refractivity contribution in [2.45, 2.75) is 26.2 Å². The Bertz CT molecular complexity index is 571. The third kappa shape index (κ3) is 2.00. The molecule has 2 aromatic rings. The van der Waals surface area contributed by atoms with Gasteiger partial charge in [0, 0.05) is 19.0 Å². The van der Waals surface area contributed by atoms with Crippen LogP contribution in [0.5, 0.6) is 0 Å². The standard InChI is InChI=1S/C12H14N4O3/c1-7-10(8(2)19-14-7)12(17)16-4-3-9(5-16)11-13-6-18-15-11/h6,9H,3-5H2,1-2H3/t9-/m1/s1. The normalized spacial score (nSPS) is 19.1. The third-order valence-corrected chi connectivity index (χ3v) is 3.47. The first-order chi connectivity index (χ1) is 9.16. The van der Waals surface area contributed by atoms with E-state index >= 15 is 0 Å². The van der Waals surface area contributed by atoms with Crippen molar-refractivity contribution in [1.82, 2.24) is 20.2 Å². The van der Waals surface area contributed by atoms with Crippen LogP contribution in [0.25, 0.3) is 0 Å². The summed E-state index contributed by atoms with van der Waals surface area (Å²) in [4.78, 5) is 18.3. The van der Waals surface area contributed by atoms with Gasteiger partial charge < -0.3 is 13.9 Å². The van der Waals surface area contributed by atoms with Crippen LogP contribution in [0, 0.1) is 13.8 Å². The van der Waals surface area contributed by atoms with Crippen LogP contribution < -0.4 is 0 Å². The van der Waals surface area contributed by atoms with Crippen molar-refractivity contribution in [2.24, 2.45) is 0 Å². The zero-order chi connectivity index (χ0) is 13.4. The van der Waals surface area contributed by atoms with E-state index in [9.17, 15) is 4.79 Å². The number of rotatable bonds is 2. The molecule has 0 aromatic carbocycles. The molecule has 100 valence electrons. The summed E-state index contributed by atoms with van der Waals surface area (Å²) in [6, 6.07) is 0. The molecule has 0 spiro atoms. The smallest absolute Gasteiger partial charge is 0.259 e. The van der Waals surface area contributed by atoms with Gasteiger partial charge in [-0.15, -0.1) is 0 Å². The van der Waals surface area contributed by atoms with Gasteiger partial charge in [0.25, 0.3) is 5.91 Å². The van der Waals surface area contributed by atoms with Gasteiger partial charge in [-0.3, -0.25) is 4.79 Å². The molecule has 1 fully saturated rings. The molecule has 0 bridgehead atoms. The van der Waals surface area contributed by atoms with Crippen LogP contribution in [0.2, 0.25) is 0 Å². The molecule has 1 aliphatic heterocycles. The second kappa shape index (κ2) is 4.49. The van der Waals surface area contributed by atoms with Gasteiger partial charge in [0.2, 0.25) is 6.39 Å². The molecule has 1 amide bonds. The molecule has 0 radical (unpaired) electrons. The van der Waals surface area contributed by atoms with Crippen LogP contribution in [0.1, 0.15) is 40.0 Å². The van der Waals surface area contributed by atoms with E-state index in [0.29, 0.717) is 35.9 Å². The maximum absolute atomic E-state index is 12.4. The summed E-state index contributed by atoms with van der Waals surface area (Å²) in [6.07, 6.45) is 2.16. The lowest BCUT2D eigenvalue weighted by Crippen LogP contribution is -2.29. The topological polar surface area (TPSA) is 85.3 Å². The van der Waals surface area contributed by atoms with Crippen LogP contribution in [0.15, 0.2) is 15.4 Å². The predicted molar refractivity (Wildman–Crippen MR) is 63.5 cm³/mol. The van der Waals surface area contributed by atoms with E-state index in [-0.39, 0.29) is 11.8 Å². The molecule has 2 aromatic heterocycles. The molecule has 0 aliphatic carbocycles. The summed E-state index contributed by atoms with van der Waals surface area (Å²) >= 11 is 0. The van der Waals surface area contributed by atoms with Crippen LogP contribution in [-0.2, 0) is 0 Å². The molecule has 1 aliphatic rings. The van der Waals surface area contributed by atoms with Gasteiger partial charge in [0.15, 0.2) is 5.82 Å². The van der Waals surface area contributed by atoms with E-state index in [1.807, 2.05) is 0 Å². The van der Waals surface area contributed by atoms with Gasteiger partial charge in [-0.2, -0.15) is 4.98 Å². The van der Waals surface area contributed by atoms with Gasteiger partial charge in [-0.25, -0.2) is 0 Å². The summed E-state index contributed by atoms with van der Waals surface area (Å²) in [5, 5.41) is 7.65. The van der Waals surface area contributed by atoms with Crippen LogP contribution in [0.4, 0.5) is 0 Å². The quantitative estimate of drug-likeness (QED) is 0.811. The van der Waals surface area contributed by atoms with Gasteiger partial charge in [-0.1, -0.05) is 10.3 Å². The zero-order valence-electron chi connectivity index (χ0n) is 10.8. The lowest BCUT2D eigenvalue weighted by Gasteiger charge is -2.15. The number of hydrogen-bond donors (Lipinski definition) is 0. The summed E-state index contributed by atoms with van der Waals surface area (Å²) in [7, 11) is 0. The Morgan fingerprint density at radius 2 is 2.26 bits per heavy atom. The number of likely N-dealkylation sites (tertiary alicyclic amines) is 1. The highest BCUT2D eigenvalue weighted by Crippen LogP contribution is 2.27. The van der Waals surface area contributed by atoms with Crippen LogP contribution in [0.3, 0.4) is 0 Å². The molecule has 0 N–H and O–H groups in total. The Balaban J connectivity index is 1.76. The minimum Gasteiger partial charge on any atom is -0.361 e. The van der Waals surface area contributed by atoms with Gasteiger partial charge in [0.05, 0.1) is 5.69 Å². The molecule has 7 heteroatoms. The van der Waals surface area contributed by atoms with Gasteiger partial charge >= 0.3 is 0 Å². The number of carbonyl (C=O) groups excluding carboxylic acids is 1. The van der Waals surface area contributed by atoms with Crippen LogP contribution in [-0.4, -0.2) is 39.2 Å². The molecule has 3 heterocycles. The Hall–Kier alpha value is -2.18. The fourth-order valence-electron chi connectivity index (χ4n) is 2.46. The van der Waals surface area contributed by atoms with Crippen molar-refractivity contribution in [3.05, 3.63) is 29.2 Å². The molecule has 7 nitrogen and oxygen atoms in total. The molecular formula is C12H14N4O3. The molecular weight excluding hydrogens is 248 g/mol. The lowest BCUT2D eigenvalue weighted by molar-refractivity contribution is 0.0788. The fraction of sp³-hybridized carbons (Fsp3) is 0.500. The lowest BCUT2D eigenvalue weighted by atomic mass is 10.1. The highest BCUT2D eigenvalue weighted by Gasteiger charge is 2.32. The molecule has 1 saturated heterocycles. The first-order valence-corrected chi connectivity index (χ1v) is 6.15. The summed E-state index contributed by atoms with van der Waals surface area (Å²) in [5.41, 5.74) is 1.19. The zero-order valence-corrected chi connectivity index (χ0v) is 10.8. The number of hydrogen-bond acceptors (Lipinski definition) is 6. The van der Waals surface area contributed by atoms with E-state index in [2.05, 4.69) is 15.3 Å². The van der Waals surface area contributed by atoms with Crippen molar-refractivity contribution in [3.63, 3.8) is 0 Å². The highest BCUT2D eigenvalue weighted by molar-refractivity contribution is 5.96. The number of aryl methyl sites for hydroxylation is 2. The number of nitrogens with zero attached hydrogens (tertiary/aromatic N) is 4. The Morgan fingerprint density at radius 1 is 1.42 bits per heavy atom.